The second kappa shape index (κ2) is 5.39. The first kappa shape index (κ1) is 12.8. The second-order valence-electron chi connectivity index (χ2n) is 5.03. The molecule has 1 aromatic carbocycles. The number of anilines is 1. The predicted molar refractivity (Wildman–Crippen MR) is 77.4 cm³/mol. The van der Waals surface area contributed by atoms with Gasteiger partial charge in [-0.3, -0.25) is 0 Å². The Kier molecular flexibility index (Phi) is 3.62. The molecule has 0 bridgehead atoms. The van der Waals surface area contributed by atoms with E-state index < -0.39 is 0 Å². The molecule has 0 saturated carbocycles. The van der Waals surface area contributed by atoms with Crippen LogP contribution in [0.4, 0.5) is 5.95 Å². The quantitative estimate of drug-likeness (QED) is 0.938. The van der Waals surface area contributed by atoms with Gasteiger partial charge in [-0.2, -0.15) is 0 Å². The van der Waals surface area contributed by atoms with Gasteiger partial charge in [0.15, 0.2) is 0 Å². The van der Waals surface area contributed by atoms with Crippen molar-refractivity contribution >= 4 is 28.6 Å². The van der Waals surface area contributed by atoms with E-state index in [4.69, 9.17) is 22.1 Å². The molecule has 1 aliphatic heterocycles. The summed E-state index contributed by atoms with van der Waals surface area (Å²) in [5.41, 5.74) is 7.88. The number of hydrogen-bond donors (Lipinski definition) is 1. The maximum Gasteiger partial charge on any atom is 0.201 e. The van der Waals surface area contributed by atoms with Crippen LogP contribution in [0.1, 0.15) is 25.7 Å². The molecule has 1 atom stereocenters. The van der Waals surface area contributed by atoms with Gasteiger partial charge >= 0.3 is 0 Å². The number of rotatable bonds is 3. The van der Waals surface area contributed by atoms with Crippen molar-refractivity contribution in [1.82, 2.24) is 9.55 Å². The van der Waals surface area contributed by atoms with Crippen LogP contribution in [0.25, 0.3) is 11.0 Å². The molecule has 4 nitrogen and oxygen atoms in total. The Morgan fingerprint density at radius 2 is 2.32 bits per heavy atom. The summed E-state index contributed by atoms with van der Waals surface area (Å²) in [7, 11) is 0. The van der Waals surface area contributed by atoms with Gasteiger partial charge in [-0.15, -0.1) is 0 Å². The molecule has 1 unspecified atom stereocenters. The first-order valence-corrected chi connectivity index (χ1v) is 7.15. The van der Waals surface area contributed by atoms with Gasteiger partial charge in [0.1, 0.15) is 0 Å². The van der Waals surface area contributed by atoms with Crippen molar-refractivity contribution in [2.75, 3.05) is 12.3 Å². The highest BCUT2D eigenvalue weighted by Gasteiger charge is 2.15. The number of hydrogen-bond acceptors (Lipinski definition) is 3. The SMILES string of the molecule is Nc1nc2ccc(Cl)cc2n1CCC1CCCCO1. The van der Waals surface area contributed by atoms with Crippen molar-refractivity contribution in [3.8, 4) is 0 Å². The number of ether oxygens (including phenoxy) is 1. The molecular weight excluding hydrogens is 262 g/mol. The maximum absolute atomic E-state index is 6.04. The summed E-state index contributed by atoms with van der Waals surface area (Å²) >= 11 is 6.04. The van der Waals surface area contributed by atoms with Gasteiger partial charge in [-0.25, -0.2) is 4.98 Å². The molecule has 0 aliphatic carbocycles. The molecule has 2 heterocycles. The summed E-state index contributed by atoms with van der Waals surface area (Å²) in [4.78, 5) is 4.36. The van der Waals surface area contributed by atoms with E-state index in [-0.39, 0.29) is 0 Å². The van der Waals surface area contributed by atoms with Gasteiger partial charge in [-0.1, -0.05) is 11.6 Å². The molecule has 102 valence electrons. The van der Waals surface area contributed by atoms with Gasteiger partial charge < -0.3 is 15.0 Å². The predicted octanol–water partition coefficient (Wildman–Crippen LogP) is 3.23. The molecule has 0 radical (unpaired) electrons. The zero-order valence-electron chi connectivity index (χ0n) is 10.8. The van der Waals surface area contributed by atoms with E-state index in [0.29, 0.717) is 17.1 Å². The van der Waals surface area contributed by atoms with Crippen LogP contribution in [0.2, 0.25) is 5.02 Å². The van der Waals surface area contributed by atoms with Gasteiger partial charge in [0, 0.05) is 18.2 Å². The van der Waals surface area contributed by atoms with Gasteiger partial charge in [-0.05, 0) is 43.9 Å². The Morgan fingerprint density at radius 3 is 3.11 bits per heavy atom. The number of halogens is 1. The first-order valence-electron chi connectivity index (χ1n) is 6.77. The number of aryl methyl sites for hydroxylation is 1. The minimum absolute atomic E-state index is 0.352. The number of nitrogens with zero attached hydrogens (tertiary/aromatic N) is 2. The summed E-state index contributed by atoms with van der Waals surface area (Å²) < 4.78 is 7.78. The molecule has 1 fully saturated rings. The van der Waals surface area contributed by atoms with E-state index in [0.717, 1.165) is 37.0 Å². The minimum atomic E-state index is 0.352. The average molecular weight is 280 g/mol. The zero-order chi connectivity index (χ0) is 13.2. The number of imidazole rings is 1. The van der Waals surface area contributed by atoms with E-state index in [2.05, 4.69) is 4.98 Å². The Morgan fingerprint density at radius 1 is 1.42 bits per heavy atom. The molecule has 2 aromatic rings. The molecule has 2 N–H and O–H groups in total. The summed E-state index contributed by atoms with van der Waals surface area (Å²) in [6.45, 7) is 1.71. The highest BCUT2D eigenvalue weighted by atomic mass is 35.5. The summed E-state index contributed by atoms with van der Waals surface area (Å²) in [5.74, 6) is 0.549. The standard InChI is InChI=1S/C14H18ClN3O/c15-10-4-5-12-13(9-10)18(14(16)17-12)7-6-11-3-1-2-8-19-11/h4-5,9,11H,1-3,6-8H2,(H2,16,17). The number of aromatic nitrogens is 2. The topological polar surface area (TPSA) is 53.1 Å². The van der Waals surface area contributed by atoms with Crippen LogP contribution < -0.4 is 5.73 Å². The lowest BCUT2D eigenvalue weighted by molar-refractivity contribution is 0.00906. The highest BCUT2D eigenvalue weighted by molar-refractivity contribution is 6.31. The fourth-order valence-electron chi connectivity index (χ4n) is 2.66. The zero-order valence-corrected chi connectivity index (χ0v) is 11.6. The molecule has 0 amide bonds. The van der Waals surface area contributed by atoms with Crippen molar-refractivity contribution in [1.29, 1.82) is 0 Å². The van der Waals surface area contributed by atoms with E-state index in [9.17, 15) is 0 Å². The summed E-state index contributed by atoms with van der Waals surface area (Å²) in [6.07, 6.45) is 4.92. The van der Waals surface area contributed by atoms with Crippen LogP contribution in [-0.2, 0) is 11.3 Å². The van der Waals surface area contributed by atoms with Crippen LogP contribution in [0.15, 0.2) is 18.2 Å². The number of benzene rings is 1. The molecular formula is C14H18ClN3O. The number of nitrogen functional groups attached to an aromatic ring is 1. The number of nitrogens with two attached hydrogens (primary N) is 1. The van der Waals surface area contributed by atoms with Crippen LogP contribution in [0.5, 0.6) is 0 Å². The third-order valence-electron chi connectivity index (χ3n) is 3.69. The average Bonchev–Trinajstić information content (AvgIpc) is 2.73. The van der Waals surface area contributed by atoms with Gasteiger partial charge in [0.25, 0.3) is 0 Å². The first-order chi connectivity index (χ1) is 9.24. The third-order valence-corrected chi connectivity index (χ3v) is 3.92. The Bertz CT molecular complexity index is 575. The van der Waals surface area contributed by atoms with Crippen molar-refractivity contribution in [3.63, 3.8) is 0 Å². The smallest absolute Gasteiger partial charge is 0.201 e. The van der Waals surface area contributed by atoms with Gasteiger partial charge in [0.05, 0.1) is 17.1 Å². The summed E-state index contributed by atoms with van der Waals surface area (Å²) in [6, 6.07) is 5.66. The van der Waals surface area contributed by atoms with Crippen molar-refractivity contribution in [3.05, 3.63) is 23.2 Å². The monoisotopic (exact) mass is 279 g/mol. The Labute approximate surface area is 117 Å². The molecule has 3 rings (SSSR count). The van der Waals surface area contributed by atoms with Crippen LogP contribution in [0.3, 0.4) is 0 Å². The molecule has 1 aromatic heterocycles. The van der Waals surface area contributed by atoms with Crippen molar-refractivity contribution in [2.45, 2.75) is 38.3 Å². The van der Waals surface area contributed by atoms with E-state index in [1.807, 2.05) is 22.8 Å². The third kappa shape index (κ3) is 2.69. The lowest BCUT2D eigenvalue weighted by atomic mass is 10.1. The van der Waals surface area contributed by atoms with Crippen LogP contribution >= 0.6 is 11.6 Å². The largest absolute Gasteiger partial charge is 0.378 e. The lowest BCUT2D eigenvalue weighted by Gasteiger charge is -2.22. The second-order valence-corrected chi connectivity index (χ2v) is 5.47. The maximum atomic E-state index is 6.04. The van der Waals surface area contributed by atoms with Gasteiger partial charge in [0.2, 0.25) is 5.95 Å². The minimum Gasteiger partial charge on any atom is -0.378 e. The van der Waals surface area contributed by atoms with E-state index >= 15 is 0 Å². The molecule has 0 spiro atoms. The van der Waals surface area contributed by atoms with Crippen molar-refractivity contribution < 1.29 is 4.74 Å². The highest BCUT2D eigenvalue weighted by Crippen LogP contribution is 2.23. The molecule has 1 aliphatic rings. The molecule has 5 heteroatoms. The Hall–Kier alpha value is -1.26. The fraction of sp³-hybridized carbons (Fsp3) is 0.500. The normalized spacial score (nSPS) is 19.9. The van der Waals surface area contributed by atoms with E-state index in [1.165, 1.54) is 12.8 Å². The number of fused-ring (bicyclic) bond motifs is 1. The lowest BCUT2D eigenvalue weighted by Crippen LogP contribution is -2.21. The van der Waals surface area contributed by atoms with Crippen molar-refractivity contribution in [2.24, 2.45) is 0 Å². The van der Waals surface area contributed by atoms with Crippen LogP contribution in [0, 0.1) is 0 Å². The summed E-state index contributed by atoms with van der Waals surface area (Å²) in [5, 5.41) is 0.711. The van der Waals surface area contributed by atoms with Crippen LogP contribution in [-0.4, -0.2) is 22.3 Å². The Balaban J connectivity index is 1.79. The fourth-order valence-corrected chi connectivity index (χ4v) is 2.82. The molecule has 1 saturated heterocycles. The van der Waals surface area contributed by atoms with E-state index in [1.54, 1.807) is 0 Å². The molecule has 19 heavy (non-hydrogen) atoms.